The second kappa shape index (κ2) is 9.40. The molecule has 2 aromatic rings. The summed E-state index contributed by atoms with van der Waals surface area (Å²) in [6, 6.07) is 7.51. The van der Waals surface area contributed by atoms with E-state index in [1.807, 2.05) is 49.9 Å². The van der Waals surface area contributed by atoms with Crippen LogP contribution >= 0.6 is 11.3 Å². The highest BCUT2D eigenvalue weighted by atomic mass is 32.1. The van der Waals surface area contributed by atoms with Crippen molar-refractivity contribution < 1.29 is 28.5 Å². The number of para-hydroxylation sites is 1. The molecule has 0 spiro atoms. The maximum atomic E-state index is 13.4. The molecule has 3 aliphatic rings. The lowest BCUT2D eigenvalue weighted by Crippen LogP contribution is -2.43. The van der Waals surface area contributed by atoms with E-state index in [2.05, 4.69) is 0 Å². The van der Waals surface area contributed by atoms with Crippen molar-refractivity contribution in [2.24, 2.45) is 0 Å². The summed E-state index contributed by atoms with van der Waals surface area (Å²) >= 11 is 1.40. The Kier molecular flexibility index (Phi) is 6.45. The first-order valence-corrected chi connectivity index (χ1v) is 12.7. The van der Waals surface area contributed by atoms with E-state index in [1.54, 1.807) is 12.0 Å². The van der Waals surface area contributed by atoms with E-state index in [0.29, 0.717) is 44.2 Å². The van der Waals surface area contributed by atoms with Gasteiger partial charge in [0.15, 0.2) is 0 Å². The summed E-state index contributed by atoms with van der Waals surface area (Å²) in [6.07, 6.45) is 0.313. The van der Waals surface area contributed by atoms with Gasteiger partial charge in [-0.25, -0.2) is 9.78 Å². The van der Waals surface area contributed by atoms with Gasteiger partial charge in [0.2, 0.25) is 0 Å². The Morgan fingerprint density at radius 1 is 1.26 bits per heavy atom. The third kappa shape index (κ3) is 4.87. The molecule has 9 nitrogen and oxygen atoms in total. The third-order valence-corrected chi connectivity index (χ3v) is 7.43. The van der Waals surface area contributed by atoms with Crippen molar-refractivity contribution in [1.29, 1.82) is 0 Å². The smallest absolute Gasteiger partial charge is 0.410 e. The highest BCUT2D eigenvalue weighted by molar-refractivity contribution is 7.17. The summed E-state index contributed by atoms with van der Waals surface area (Å²) in [4.78, 5) is 35.2. The molecule has 3 aliphatic heterocycles. The fraction of sp³-hybridized carbons (Fsp3) is 0.560. The molecule has 188 valence electrons. The zero-order valence-corrected chi connectivity index (χ0v) is 21.3. The molecule has 2 atom stereocenters. The van der Waals surface area contributed by atoms with Crippen LogP contribution < -0.4 is 4.74 Å². The molecule has 4 heterocycles. The Balaban J connectivity index is 1.31. The SMILES string of the molecule is COC[C@@H]1C[C@@H](N2Cc3nc(-c4ccccc4OC4COC4)sc3C2=O)CN1C(=O)OC(C)(C)C. The Morgan fingerprint density at radius 2 is 2.03 bits per heavy atom. The molecule has 0 saturated carbocycles. The molecule has 2 saturated heterocycles. The first-order valence-electron chi connectivity index (χ1n) is 11.9. The minimum absolute atomic E-state index is 0.0400. The molecular weight excluding hydrogens is 470 g/mol. The van der Waals surface area contributed by atoms with Crippen LogP contribution in [0.5, 0.6) is 5.75 Å². The van der Waals surface area contributed by atoms with Crippen LogP contribution in [-0.2, 0) is 20.8 Å². The highest BCUT2D eigenvalue weighted by Crippen LogP contribution is 2.40. The number of rotatable bonds is 6. The first-order chi connectivity index (χ1) is 16.7. The topological polar surface area (TPSA) is 90.4 Å². The number of thiazole rings is 1. The molecule has 2 fully saturated rings. The second-order valence-electron chi connectivity index (χ2n) is 10.1. The van der Waals surface area contributed by atoms with Crippen molar-refractivity contribution in [2.75, 3.05) is 33.5 Å². The van der Waals surface area contributed by atoms with Crippen LogP contribution in [-0.4, -0.2) is 84.0 Å². The van der Waals surface area contributed by atoms with Gasteiger partial charge in [0.25, 0.3) is 5.91 Å². The highest BCUT2D eigenvalue weighted by Gasteiger charge is 2.44. The van der Waals surface area contributed by atoms with Gasteiger partial charge in [-0.1, -0.05) is 12.1 Å². The number of hydrogen-bond acceptors (Lipinski definition) is 8. The Hall–Kier alpha value is -2.69. The molecule has 1 aromatic carbocycles. The van der Waals surface area contributed by atoms with Crippen molar-refractivity contribution in [3.63, 3.8) is 0 Å². The third-order valence-electron chi connectivity index (χ3n) is 6.31. The van der Waals surface area contributed by atoms with Crippen molar-refractivity contribution in [3.8, 4) is 16.3 Å². The van der Waals surface area contributed by atoms with Crippen molar-refractivity contribution in [2.45, 2.75) is 57.5 Å². The van der Waals surface area contributed by atoms with E-state index >= 15 is 0 Å². The van der Waals surface area contributed by atoms with Gasteiger partial charge in [0, 0.05) is 13.7 Å². The van der Waals surface area contributed by atoms with Gasteiger partial charge in [-0.2, -0.15) is 0 Å². The number of ether oxygens (including phenoxy) is 4. The zero-order valence-electron chi connectivity index (χ0n) is 20.5. The number of likely N-dealkylation sites (tertiary alicyclic amines) is 1. The van der Waals surface area contributed by atoms with E-state index in [4.69, 9.17) is 23.9 Å². The second-order valence-corrected chi connectivity index (χ2v) is 11.1. The fourth-order valence-corrected chi connectivity index (χ4v) is 5.68. The van der Waals surface area contributed by atoms with Crippen LogP contribution in [0.25, 0.3) is 10.6 Å². The molecule has 35 heavy (non-hydrogen) atoms. The summed E-state index contributed by atoms with van der Waals surface area (Å²) in [5, 5.41) is 0.776. The average molecular weight is 502 g/mol. The summed E-state index contributed by atoms with van der Waals surface area (Å²) in [5.41, 5.74) is 1.07. The van der Waals surface area contributed by atoms with Gasteiger partial charge < -0.3 is 28.7 Å². The first kappa shape index (κ1) is 24.0. The number of amides is 2. The number of hydrogen-bond donors (Lipinski definition) is 0. The lowest BCUT2D eigenvalue weighted by atomic mass is 10.1. The Labute approximate surface area is 208 Å². The largest absolute Gasteiger partial charge is 0.485 e. The monoisotopic (exact) mass is 501 g/mol. The maximum Gasteiger partial charge on any atom is 0.410 e. The number of carbonyl (C=O) groups is 2. The van der Waals surface area contributed by atoms with Crippen LogP contribution in [0.2, 0.25) is 0 Å². The maximum absolute atomic E-state index is 13.4. The lowest BCUT2D eigenvalue weighted by molar-refractivity contribution is -0.0794. The molecule has 0 N–H and O–H groups in total. The number of benzene rings is 1. The summed E-state index contributed by atoms with van der Waals surface area (Å²) in [6.45, 7) is 7.94. The van der Waals surface area contributed by atoms with Crippen molar-refractivity contribution >= 4 is 23.3 Å². The Bertz CT molecular complexity index is 1110. The van der Waals surface area contributed by atoms with Crippen molar-refractivity contribution in [3.05, 3.63) is 34.8 Å². The lowest BCUT2D eigenvalue weighted by Gasteiger charge is -2.28. The molecule has 10 heteroatoms. The quantitative estimate of drug-likeness (QED) is 0.598. The van der Waals surface area contributed by atoms with Crippen LogP contribution in [0, 0.1) is 0 Å². The molecule has 0 unspecified atom stereocenters. The van der Waals surface area contributed by atoms with E-state index in [1.165, 1.54) is 11.3 Å². The standard InChI is InChI=1S/C25H31N3O6S/c1-25(2,3)34-24(30)28-10-15(9-16(28)12-31-4)27-11-19-21(23(27)29)35-22(26-19)18-7-5-6-8-20(18)33-17-13-32-14-17/h5-8,15-17H,9-14H2,1-4H3/t15-,16+/m1/s1. The number of aromatic nitrogens is 1. The van der Waals surface area contributed by atoms with Gasteiger partial charge in [-0.05, 0) is 39.3 Å². The fourth-order valence-electron chi connectivity index (χ4n) is 4.62. The number of methoxy groups -OCH3 is 1. The predicted molar refractivity (Wildman–Crippen MR) is 130 cm³/mol. The van der Waals surface area contributed by atoms with Crippen LogP contribution in [0.15, 0.2) is 24.3 Å². The van der Waals surface area contributed by atoms with Crippen molar-refractivity contribution in [1.82, 2.24) is 14.8 Å². The minimum atomic E-state index is -0.591. The zero-order chi connectivity index (χ0) is 24.7. The number of carbonyl (C=O) groups excluding carboxylic acids is 2. The van der Waals surface area contributed by atoms with Gasteiger partial charge in [0.05, 0.1) is 49.7 Å². The van der Waals surface area contributed by atoms with Crippen LogP contribution in [0.3, 0.4) is 0 Å². The van der Waals surface area contributed by atoms with Gasteiger partial charge in [0.1, 0.15) is 27.3 Å². The van der Waals surface area contributed by atoms with Gasteiger partial charge >= 0.3 is 6.09 Å². The van der Waals surface area contributed by atoms with Crippen LogP contribution in [0.1, 0.15) is 42.6 Å². The van der Waals surface area contributed by atoms with Gasteiger partial charge in [-0.15, -0.1) is 11.3 Å². The predicted octanol–water partition coefficient (Wildman–Crippen LogP) is 3.57. The summed E-state index contributed by atoms with van der Waals surface area (Å²) < 4.78 is 22.2. The normalized spacial score (nSPS) is 22.3. The minimum Gasteiger partial charge on any atom is -0.485 e. The van der Waals surface area contributed by atoms with E-state index in [-0.39, 0.29) is 30.2 Å². The van der Waals surface area contributed by atoms with E-state index in [9.17, 15) is 9.59 Å². The molecular formula is C25H31N3O6S. The van der Waals surface area contributed by atoms with E-state index < -0.39 is 5.60 Å². The number of nitrogens with zero attached hydrogens (tertiary/aromatic N) is 3. The number of fused-ring (bicyclic) bond motifs is 1. The van der Waals surface area contributed by atoms with Crippen LogP contribution in [0.4, 0.5) is 4.79 Å². The molecule has 0 bridgehead atoms. The Morgan fingerprint density at radius 3 is 2.69 bits per heavy atom. The molecule has 0 aliphatic carbocycles. The summed E-state index contributed by atoms with van der Waals surface area (Å²) in [7, 11) is 1.62. The molecule has 0 radical (unpaired) electrons. The summed E-state index contributed by atoms with van der Waals surface area (Å²) in [5.74, 6) is 0.713. The average Bonchev–Trinajstić information content (AvgIpc) is 3.45. The van der Waals surface area contributed by atoms with E-state index in [0.717, 1.165) is 22.0 Å². The van der Waals surface area contributed by atoms with Gasteiger partial charge in [-0.3, -0.25) is 4.79 Å². The molecule has 2 amide bonds. The molecule has 1 aromatic heterocycles. The molecule has 5 rings (SSSR count).